The molecule has 0 aliphatic carbocycles. The van der Waals surface area contributed by atoms with Gasteiger partial charge in [-0.05, 0) is 13.0 Å². The fraction of sp³-hybridized carbons (Fsp3) is 0.250. The van der Waals surface area contributed by atoms with Crippen LogP contribution in [0.2, 0.25) is 0 Å². The molecule has 0 spiro atoms. The standard InChI is InChI=1S/C16H18N2O5S/c1-5-23-15(20)11-8-24-16(18-11)17-9(2)10-6-13(21-3)14(22-4)7-12(10)19/h6-8,19H,2,5H2,1,3-4H3,(H,17,18). The van der Waals surface area contributed by atoms with Crippen LogP contribution in [-0.4, -0.2) is 36.9 Å². The topological polar surface area (TPSA) is 89.9 Å². The Morgan fingerprint density at radius 1 is 1.33 bits per heavy atom. The highest BCUT2D eigenvalue weighted by atomic mass is 32.1. The van der Waals surface area contributed by atoms with Crippen molar-refractivity contribution in [2.45, 2.75) is 6.92 Å². The maximum atomic E-state index is 11.6. The maximum Gasteiger partial charge on any atom is 0.357 e. The first-order valence-corrected chi connectivity index (χ1v) is 7.92. The lowest BCUT2D eigenvalue weighted by Crippen LogP contribution is -2.05. The largest absolute Gasteiger partial charge is 0.507 e. The highest BCUT2D eigenvalue weighted by Gasteiger charge is 2.15. The number of nitrogens with zero attached hydrogens (tertiary/aromatic N) is 1. The molecule has 0 saturated carbocycles. The zero-order valence-electron chi connectivity index (χ0n) is 13.6. The summed E-state index contributed by atoms with van der Waals surface area (Å²) in [6.07, 6.45) is 0. The summed E-state index contributed by atoms with van der Waals surface area (Å²) >= 11 is 1.23. The molecule has 0 aliphatic heterocycles. The van der Waals surface area contributed by atoms with Crippen LogP contribution in [0.3, 0.4) is 0 Å². The van der Waals surface area contributed by atoms with E-state index >= 15 is 0 Å². The second kappa shape index (κ2) is 7.69. The molecule has 0 bridgehead atoms. The molecule has 0 fully saturated rings. The number of nitrogens with one attached hydrogen (secondary N) is 1. The van der Waals surface area contributed by atoms with Crippen LogP contribution in [0.25, 0.3) is 5.70 Å². The summed E-state index contributed by atoms with van der Waals surface area (Å²) in [5.74, 6) is 0.360. The molecule has 24 heavy (non-hydrogen) atoms. The lowest BCUT2D eigenvalue weighted by Gasteiger charge is -2.13. The molecule has 0 atom stereocenters. The molecule has 1 heterocycles. The van der Waals surface area contributed by atoms with E-state index in [9.17, 15) is 9.90 Å². The van der Waals surface area contributed by atoms with Crippen LogP contribution in [0, 0.1) is 0 Å². The monoisotopic (exact) mass is 350 g/mol. The minimum Gasteiger partial charge on any atom is -0.507 e. The summed E-state index contributed by atoms with van der Waals surface area (Å²) in [4.78, 5) is 15.8. The van der Waals surface area contributed by atoms with Gasteiger partial charge in [0.25, 0.3) is 0 Å². The van der Waals surface area contributed by atoms with Crippen LogP contribution in [-0.2, 0) is 4.74 Å². The number of anilines is 1. The summed E-state index contributed by atoms with van der Waals surface area (Å²) < 4.78 is 15.2. The van der Waals surface area contributed by atoms with Crippen LogP contribution in [0.4, 0.5) is 5.13 Å². The smallest absolute Gasteiger partial charge is 0.357 e. The van der Waals surface area contributed by atoms with E-state index in [-0.39, 0.29) is 18.1 Å². The maximum absolute atomic E-state index is 11.6. The second-order valence-electron chi connectivity index (χ2n) is 4.59. The molecule has 0 amide bonds. The van der Waals surface area contributed by atoms with Crippen molar-refractivity contribution in [3.63, 3.8) is 0 Å². The van der Waals surface area contributed by atoms with Gasteiger partial charge < -0.3 is 24.6 Å². The molecule has 2 rings (SSSR count). The highest BCUT2D eigenvalue weighted by Crippen LogP contribution is 2.37. The zero-order valence-corrected chi connectivity index (χ0v) is 14.4. The molecule has 128 valence electrons. The quantitative estimate of drug-likeness (QED) is 0.742. The first kappa shape index (κ1) is 17.6. The summed E-state index contributed by atoms with van der Waals surface area (Å²) in [6.45, 7) is 5.90. The number of rotatable bonds is 7. The molecular formula is C16H18N2O5S. The number of ether oxygens (including phenoxy) is 3. The third-order valence-electron chi connectivity index (χ3n) is 3.07. The lowest BCUT2D eigenvalue weighted by atomic mass is 10.1. The van der Waals surface area contributed by atoms with Crippen LogP contribution >= 0.6 is 11.3 Å². The van der Waals surface area contributed by atoms with Gasteiger partial charge in [0.05, 0.1) is 20.8 Å². The molecule has 0 radical (unpaired) electrons. The van der Waals surface area contributed by atoms with Crippen molar-refractivity contribution in [1.29, 1.82) is 0 Å². The van der Waals surface area contributed by atoms with Gasteiger partial charge in [-0.1, -0.05) is 6.58 Å². The number of carbonyl (C=O) groups is 1. The van der Waals surface area contributed by atoms with Gasteiger partial charge in [-0.25, -0.2) is 9.78 Å². The predicted molar refractivity (Wildman–Crippen MR) is 91.9 cm³/mol. The number of phenolic OH excluding ortho intramolecular Hbond substituents is 1. The average molecular weight is 350 g/mol. The van der Waals surface area contributed by atoms with E-state index < -0.39 is 5.97 Å². The van der Waals surface area contributed by atoms with Crippen molar-refractivity contribution in [2.75, 3.05) is 26.1 Å². The molecule has 1 aromatic heterocycles. The van der Waals surface area contributed by atoms with Gasteiger partial charge in [0.15, 0.2) is 22.3 Å². The number of esters is 1. The Morgan fingerprint density at radius 2 is 2.00 bits per heavy atom. The number of phenols is 1. The Morgan fingerprint density at radius 3 is 2.62 bits per heavy atom. The molecule has 7 nitrogen and oxygen atoms in total. The molecule has 0 saturated heterocycles. The van der Waals surface area contributed by atoms with Gasteiger partial charge in [-0.15, -0.1) is 11.3 Å². The Balaban J connectivity index is 2.20. The Labute approximate surface area is 143 Å². The molecular weight excluding hydrogens is 332 g/mol. The van der Waals surface area contributed by atoms with Gasteiger partial charge in [-0.2, -0.15) is 0 Å². The number of thiazole rings is 1. The zero-order chi connectivity index (χ0) is 17.7. The van der Waals surface area contributed by atoms with Crippen molar-refractivity contribution < 1.29 is 24.1 Å². The van der Waals surface area contributed by atoms with Crippen molar-refractivity contribution in [3.05, 3.63) is 35.3 Å². The van der Waals surface area contributed by atoms with Gasteiger partial charge in [-0.3, -0.25) is 0 Å². The Kier molecular flexibility index (Phi) is 5.64. The third-order valence-corrected chi connectivity index (χ3v) is 3.83. The number of methoxy groups -OCH3 is 2. The van der Waals surface area contributed by atoms with E-state index in [1.165, 1.54) is 31.6 Å². The second-order valence-corrected chi connectivity index (χ2v) is 5.44. The number of aromatic hydroxyl groups is 1. The van der Waals surface area contributed by atoms with Crippen LogP contribution in [0.15, 0.2) is 24.1 Å². The highest BCUT2D eigenvalue weighted by molar-refractivity contribution is 7.14. The van der Waals surface area contributed by atoms with E-state index in [0.29, 0.717) is 27.9 Å². The number of hydrogen-bond acceptors (Lipinski definition) is 8. The van der Waals surface area contributed by atoms with Gasteiger partial charge in [0.1, 0.15) is 5.75 Å². The van der Waals surface area contributed by atoms with Gasteiger partial charge in [0, 0.05) is 22.7 Å². The molecule has 0 aliphatic rings. The minimum absolute atomic E-state index is 0.0210. The summed E-state index contributed by atoms with van der Waals surface area (Å²) in [7, 11) is 2.98. The van der Waals surface area contributed by atoms with Gasteiger partial charge in [0.2, 0.25) is 0 Å². The SMILES string of the molecule is C=C(Nc1nc(C(=O)OCC)cs1)c1cc(OC)c(OC)cc1O. The van der Waals surface area contributed by atoms with Crippen molar-refractivity contribution in [1.82, 2.24) is 4.98 Å². The van der Waals surface area contributed by atoms with E-state index in [1.54, 1.807) is 18.4 Å². The van der Waals surface area contributed by atoms with Crippen molar-refractivity contribution in [3.8, 4) is 17.2 Å². The first-order chi connectivity index (χ1) is 11.5. The molecule has 2 aromatic rings. The lowest BCUT2D eigenvalue weighted by molar-refractivity contribution is 0.0520. The third kappa shape index (κ3) is 3.77. The first-order valence-electron chi connectivity index (χ1n) is 7.04. The Hall–Kier alpha value is -2.74. The summed E-state index contributed by atoms with van der Waals surface area (Å²) in [6, 6.07) is 3.04. The summed E-state index contributed by atoms with van der Waals surface area (Å²) in [5.41, 5.74) is 1.05. The number of aromatic nitrogens is 1. The van der Waals surface area contributed by atoms with E-state index in [4.69, 9.17) is 14.2 Å². The number of benzene rings is 1. The fourth-order valence-corrected chi connectivity index (χ4v) is 2.64. The van der Waals surface area contributed by atoms with Crippen molar-refractivity contribution >= 4 is 28.1 Å². The number of carbonyl (C=O) groups excluding carboxylic acids is 1. The molecule has 2 N–H and O–H groups in total. The van der Waals surface area contributed by atoms with Crippen molar-refractivity contribution in [2.24, 2.45) is 0 Å². The Bertz CT molecular complexity index is 757. The van der Waals surface area contributed by atoms with Crippen LogP contribution in [0.5, 0.6) is 17.2 Å². The summed E-state index contributed by atoms with van der Waals surface area (Å²) in [5, 5.41) is 15.1. The minimum atomic E-state index is -0.485. The van der Waals surface area contributed by atoms with E-state index in [1.807, 2.05) is 0 Å². The molecule has 8 heteroatoms. The average Bonchev–Trinajstić information content (AvgIpc) is 3.03. The molecule has 1 aromatic carbocycles. The van der Waals surface area contributed by atoms with E-state index in [2.05, 4.69) is 16.9 Å². The van der Waals surface area contributed by atoms with Crippen LogP contribution in [0.1, 0.15) is 23.0 Å². The van der Waals surface area contributed by atoms with Gasteiger partial charge >= 0.3 is 5.97 Å². The molecule has 0 unspecified atom stereocenters. The predicted octanol–water partition coefficient (Wildman–Crippen LogP) is 3.13. The fourth-order valence-electron chi connectivity index (χ4n) is 1.94. The van der Waals surface area contributed by atoms with E-state index in [0.717, 1.165) is 0 Å². The van der Waals surface area contributed by atoms with Crippen LogP contribution < -0.4 is 14.8 Å². The normalized spacial score (nSPS) is 10.1. The number of hydrogen-bond donors (Lipinski definition) is 2.